The van der Waals surface area contributed by atoms with Gasteiger partial charge in [-0.25, -0.2) is 4.98 Å². The zero-order valence-electron chi connectivity index (χ0n) is 13.6. The van der Waals surface area contributed by atoms with E-state index in [9.17, 15) is 4.79 Å². The number of hydrogen-bond acceptors (Lipinski definition) is 5. The maximum atomic E-state index is 10.8. The van der Waals surface area contributed by atoms with Crippen molar-refractivity contribution in [2.45, 2.75) is 13.0 Å². The van der Waals surface area contributed by atoms with E-state index in [1.165, 1.54) is 11.1 Å². The summed E-state index contributed by atoms with van der Waals surface area (Å²) in [7, 11) is 0. The number of carbonyl (C=O) groups excluding carboxylic acids is 1. The summed E-state index contributed by atoms with van der Waals surface area (Å²) in [6, 6.07) is 10.5. The molecule has 0 spiro atoms. The highest BCUT2D eigenvalue weighted by Gasteiger charge is 2.21. The Morgan fingerprint density at radius 1 is 0.917 bits per heavy atom. The van der Waals surface area contributed by atoms with Crippen LogP contribution in [-0.4, -0.2) is 54.0 Å². The number of benzene rings is 1. The van der Waals surface area contributed by atoms with E-state index in [1.54, 1.807) is 4.90 Å². The Hall–Kier alpha value is -2.63. The van der Waals surface area contributed by atoms with Crippen LogP contribution in [0.2, 0.25) is 0 Å². The Morgan fingerprint density at radius 3 is 2.50 bits per heavy atom. The van der Waals surface area contributed by atoms with Gasteiger partial charge in [0, 0.05) is 45.5 Å². The smallest absolute Gasteiger partial charge is 0.227 e. The molecule has 24 heavy (non-hydrogen) atoms. The molecule has 0 aliphatic carbocycles. The highest BCUT2D eigenvalue weighted by molar-refractivity contribution is 5.50. The van der Waals surface area contributed by atoms with Crippen LogP contribution in [-0.2, 0) is 17.8 Å². The minimum atomic E-state index is 0.750. The average Bonchev–Trinajstić information content (AvgIpc) is 2.68. The molecule has 124 valence electrons. The van der Waals surface area contributed by atoms with Crippen LogP contribution < -0.4 is 9.80 Å². The van der Waals surface area contributed by atoms with Gasteiger partial charge >= 0.3 is 0 Å². The van der Waals surface area contributed by atoms with E-state index >= 15 is 0 Å². The fourth-order valence-electron chi connectivity index (χ4n) is 3.39. The molecule has 0 atom stereocenters. The Balaban J connectivity index is 1.50. The zero-order chi connectivity index (χ0) is 16.4. The third-order valence-electron chi connectivity index (χ3n) is 4.83. The lowest BCUT2D eigenvalue weighted by Gasteiger charge is -2.34. The molecule has 6 heteroatoms. The summed E-state index contributed by atoms with van der Waals surface area (Å²) >= 11 is 0. The van der Waals surface area contributed by atoms with Gasteiger partial charge < -0.3 is 14.7 Å². The van der Waals surface area contributed by atoms with Gasteiger partial charge in [0.1, 0.15) is 5.82 Å². The van der Waals surface area contributed by atoms with Crippen LogP contribution in [0.25, 0.3) is 0 Å². The van der Waals surface area contributed by atoms with E-state index in [0.717, 1.165) is 63.9 Å². The van der Waals surface area contributed by atoms with Crippen molar-refractivity contribution in [2.24, 2.45) is 0 Å². The van der Waals surface area contributed by atoms with E-state index in [1.807, 2.05) is 12.3 Å². The Bertz CT molecular complexity index is 727. The molecule has 2 aliphatic heterocycles. The summed E-state index contributed by atoms with van der Waals surface area (Å²) in [5.41, 5.74) is 2.78. The molecule has 1 aromatic carbocycles. The number of carbonyl (C=O) groups is 1. The number of hydrogen-bond donors (Lipinski definition) is 0. The van der Waals surface area contributed by atoms with E-state index in [-0.39, 0.29) is 0 Å². The third-order valence-corrected chi connectivity index (χ3v) is 4.83. The molecule has 2 aliphatic rings. The molecule has 0 bridgehead atoms. The van der Waals surface area contributed by atoms with E-state index < -0.39 is 0 Å². The average molecular weight is 323 g/mol. The van der Waals surface area contributed by atoms with Crippen LogP contribution in [0.4, 0.5) is 11.8 Å². The Labute approximate surface area is 141 Å². The first kappa shape index (κ1) is 14.9. The summed E-state index contributed by atoms with van der Waals surface area (Å²) in [6.45, 7) is 4.94. The monoisotopic (exact) mass is 323 g/mol. The summed E-state index contributed by atoms with van der Waals surface area (Å²) in [6.07, 6.45) is 3.79. The molecule has 1 saturated heterocycles. The van der Waals surface area contributed by atoms with Gasteiger partial charge in [-0.1, -0.05) is 24.3 Å². The second-order valence-corrected chi connectivity index (χ2v) is 6.28. The lowest BCUT2D eigenvalue weighted by atomic mass is 10.0. The highest BCUT2D eigenvalue weighted by Crippen LogP contribution is 2.23. The van der Waals surface area contributed by atoms with E-state index in [2.05, 4.69) is 39.0 Å². The lowest BCUT2D eigenvalue weighted by molar-refractivity contribution is -0.118. The number of rotatable bonds is 3. The molecule has 1 fully saturated rings. The summed E-state index contributed by atoms with van der Waals surface area (Å²) in [5, 5.41) is 0. The van der Waals surface area contributed by atoms with Crippen LogP contribution in [0.3, 0.4) is 0 Å². The van der Waals surface area contributed by atoms with E-state index in [0.29, 0.717) is 0 Å². The molecule has 1 amide bonds. The van der Waals surface area contributed by atoms with Crippen molar-refractivity contribution in [2.75, 3.05) is 42.5 Å². The van der Waals surface area contributed by atoms with Crippen LogP contribution in [0, 0.1) is 0 Å². The minimum Gasteiger partial charge on any atom is -0.353 e. The van der Waals surface area contributed by atoms with Crippen molar-refractivity contribution in [1.29, 1.82) is 0 Å². The van der Waals surface area contributed by atoms with Crippen molar-refractivity contribution >= 4 is 18.2 Å². The van der Waals surface area contributed by atoms with Crippen LogP contribution in [0.15, 0.2) is 36.5 Å². The predicted octanol–water partition coefficient (Wildman–Crippen LogP) is 1.32. The quantitative estimate of drug-likeness (QED) is 0.798. The molecule has 6 nitrogen and oxygen atoms in total. The fourth-order valence-corrected chi connectivity index (χ4v) is 3.39. The van der Waals surface area contributed by atoms with Crippen LogP contribution in [0.5, 0.6) is 0 Å². The lowest BCUT2D eigenvalue weighted by Crippen LogP contribution is -2.46. The normalized spacial score (nSPS) is 17.6. The second-order valence-electron chi connectivity index (χ2n) is 6.28. The molecule has 0 saturated carbocycles. The molecule has 1 aromatic heterocycles. The largest absolute Gasteiger partial charge is 0.353 e. The maximum Gasteiger partial charge on any atom is 0.227 e. The fraction of sp³-hybridized carbons (Fsp3) is 0.389. The van der Waals surface area contributed by atoms with Crippen LogP contribution >= 0.6 is 0 Å². The van der Waals surface area contributed by atoms with Gasteiger partial charge in [-0.3, -0.25) is 4.79 Å². The molecule has 0 unspecified atom stereocenters. The number of aromatic nitrogens is 2. The van der Waals surface area contributed by atoms with Crippen LogP contribution in [0.1, 0.15) is 11.1 Å². The highest BCUT2D eigenvalue weighted by atomic mass is 16.1. The molecule has 0 radical (unpaired) electrons. The van der Waals surface area contributed by atoms with Gasteiger partial charge in [-0.05, 0) is 23.6 Å². The summed E-state index contributed by atoms with van der Waals surface area (Å²) in [4.78, 5) is 26.4. The topological polar surface area (TPSA) is 52.6 Å². The van der Waals surface area contributed by atoms with Gasteiger partial charge in [0.25, 0.3) is 0 Å². The molecule has 4 rings (SSSR count). The number of piperazine rings is 1. The van der Waals surface area contributed by atoms with Crippen molar-refractivity contribution in [3.63, 3.8) is 0 Å². The van der Waals surface area contributed by atoms with Crippen molar-refractivity contribution in [1.82, 2.24) is 14.9 Å². The predicted molar refractivity (Wildman–Crippen MR) is 93.1 cm³/mol. The van der Waals surface area contributed by atoms with Gasteiger partial charge in [0.2, 0.25) is 12.4 Å². The van der Waals surface area contributed by atoms with Crippen molar-refractivity contribution in [3.05, 3.63) is 47.7 Å². The van der Waals surface area contributed by atoms with Crippen molar-refractivity contribution in [3.8, 4) is 0 Å². The first-order chi connectivity index (χ1) is 11.8. The number of fused-ring (bicyclic) bond motifs is 1. The minimum absolute atomic E-state index is 0.750. The first-order valence-electron chi connectivity index (χ1n) is 8.42. The Morgan fingerprint density at radius 2 is 1.71 bits per heavy atom. The second kappa shape index (κ2) is 6.47. The standard InChI is InChI=1S/C18H21N5O/c24-14-21-9-11-22(12-10-21)17-5-7-19-18(20-17)23-8-6-15-3-1-2-4-16(15)13-23/h1-5,7,14H,6,8-13H2. The molecule has 2 aromatic rings. The van der Waals surface area contributed by atoms with Crippen molar-refractivity contribution < 1.29 is 4.79 Å². The molecular formula is C18H21N5O. The summed E-state index contributed by atoms with van der Waals surface area (Å²) in [5.74, 6) is 1.74. The number of anilines is 2. The molecule has 3 heterocycles. The van der Waals surface area contributed by atoms with E-state index in [4.69, 9.17) is 4.98 Å². The maximum absolute atomic E-state index is 10.8. The number of amides is 1. The first-order valence-corrected chi connectivity index (χ1v) is 8.42. The van der Waals surface area contributed by atoms with Gasteiger partial charge in [-0.2, -0.15) is 4.98 Å². The SMILES string of the molecule is O=CN1CCN(c2ccnc(N3CCc4ccccc4C3)n2)CC1. The van der Waals surface area contributed by atoms with Gasteiger partial charge in [0.05, 0.1) is 0 Å². The number of nitrogens with zero attached hydrogens (tertiary/aromatic N) is 5. The molecular weight excluding hydrogens is 302 g/mol. The summed E-state index contributed by atoms with van der Waals surface area (Å²) < 4.78 is 0. The third kappa shape index (κ3) is 2.91. The Kier molecular flexibility index (Phi) is 4.02. The molecule has 0 N–H and O–H groups in total. The van der Waals surface area contributed by atoms with Gasteiger partial charge in [0.15, 0.2) is 0 Å². The van der Waals surface area contributed by atoms with Gasteiger partial charge in [-0.15, -0.1) is 0 Å². The zero-order valence-corrected chi connectivity index (χ0v) is 13.6.